The molecule has 0 heterocycles. The first-order valence-corrected chi connectivity index (χ1v) is 5.13. The van der Waals surface area contributed by atoms with Crippen molar-refractivity contribution in [3.63, 3.8) is 0 Å². The van der Waals surface area contributed by atoms with Crippen molar-refractivity contribution >= 4 is 0 Å². The lowest BCUT2D eigenvalue weighted by Crippen LogP contribution is -1.70. The second kappa shape index (κ2) is 8.31. The van der Waals surface area contributed by atoms with Crippen LogP contribution < -0.4 is 0 Å². The van der Waals surface area contributed by atoms with Gasteiger partial charge in [-0.3, -0.25) is 0 Å². The zero-order chi connectivity index (χ0) is 9.90. The Bertz CT molecular complexity index is 262. The van der Waals surface area contributed by atoms with Crippen LogP contribution in [0, 0.1) is 6.42 Å². The van der Waals surface area contributed by atoms with Crippen LogP contribution in [0.1, 0.15) is 19.3 Å². The SMILES string of the molecule is [CH]1/C=C/C=C/C\C=C/C=C/C=C/CC1. The fraction of sp³-hybridized carbons (Fsp3) is 0.214. The summed E-state index contributed by atoms with van der Waals surface area (Å²) in [7, 11) is 0. The van der Waals surface area contributed by atoms with Gasteiger partial charge in [-0.1, -0.05) is 60.8 Å². The Kier molecular flexibility index (Phi) is 6.39. The molecule has 0 aromatic rings. The van der Waals surface area contributed by atoms with Crippen molar-refractivity contribution in [3.05, 3.63) is 67.2 Å². The van der Waals surface area contributed by atoms with Crippen LogP contribution >= 0.6 is 0 Å². The van der Waals surface area contributed by atoms with Gasteiger partial charge in [-0.2, -0.15) is 0 Å². The number of hydrogen-bond donors (Lipinski definition) is 0. The third-order valence-electron chi connectivity index (χ3n) is 1.87. The van der Waals surface area contributed by atoms with Crippen LogP contribution in [0.25, 0.3) is 0 Å². The van der Waals surface area contributed by atoms with E-state index in [-0.39, 0.29) is 0 Å². The van der Waals surface area contributed by atoms with Gasteiger partial charge in [0, 0.05) is 0 Å². The second-order valence-electron chi connectivity index (χ2n) is 3.10. The molecular weight excluding hydrogens is 168 g/mol. The van der Waals surface area contributed by atoms with Crippen LogP contribution in [0.3, 0.4) is 0 Å². The molecular formula is C14H17. The molecule has 0 N–H and O–H groups in total. The maximum Gasteiger partial charge on any atom is -0.0163 e. The summed E-state index contributed by atoms with van der Waals surface area (Å²) in [6, 6.07) is 0. The summed E-state index contributed by atoms with van der Waals surface area (Å²) in [5, 5.41) is 0. The Labute approximate surface area is 87.0 Å². The lowest BCUT2D eigenvalue weighted by atomic mass is 10.2. The Hall–Kier alpha value is -1.30. The Balaban J connectivity index is 2.45. The van der Waals surface area contributed by atoms with E-state index in [1.807, 2.05) is 0 Å². The molecule has 1 rings (SSSR count). The van der Waals surface area contributed by atoms with E-state index in [0.29, 0.717) is 0 Å². The maximum atomic E-state index is 2.19. The summed E-state index contributed by atoms with van der Waals surface area (Å²) < 4.78 is 0. The molecule has 14 heavy (non-hydrogen) atoms. The third-order valence-corrected chi connectivity index (χ3v) is 1.87. The summed E-state index contributed by atoms with van der Waals surface area (Å²) in [4.78, 5) is 0. The average molecular weight is 185 g/mol. The van der Waals surface area contributed by atoms with Crippen LogP contribution in [0.15, 0.2) is 60.8 Å². The molecule has 1 radical (unpaired) electrons. The minimum Gasteiger partial charge on any atom is -0.0845 e. The molecule has 0 amide bonds. The smallest absolute Gasteiger partial charge is 0.0163 e. The van der Waals surface area contributed by atoms with Gasteiger partial charge < -0.3 is 0 Å². The number of rotatable bonds is 0. The molecule has 0 bridgehead atoms. The van der Waals surface area contributed by atoms with Gasteiger partial charge in [-0.25, -0.2) is 0 Å². The van der Waals surface area contributed by atoms with E-state index in [2.05, 4.69) is 67.2 Å². The van der Waals surface area contributed by atoms with Crippen molar-refractivity contribution in [1.82, 2.24) is 0 Å². The van der Waals surface area contributed by atoms with Gasteiger partial charge >= 0.3 is 0 Å². The van der Waals surface area contributed by atoms with Crippen LogP contribution in [0.5, 0.6) is 0 Å². The van der Waals surface area contributed by atoms with Gasteiger partial charge in [0.15, 0.2) is 0 Å². The molecule has 0 atom stereocenters. The Morgan fingerprint density at radius 2 is 1.14 bits per heavy atom. The highest BCUT2D eigenvalue weighted by molar-refractivity contribution is 5.14. The first kappa shape index (κ1) is 10.8. The van der Waals surface area contributed by atoms with Crippen molar-refractivity contribution in [3.8, 4) is 0 Å². The van der Waals surface area contributed by atoms with E-state index >= 15 is 0 Å². The molecule has 1 aliphatic rings. The fourth-order valence-corrected chi connectivity index (χ4v) is 1.13. The molecule has 0 unspecified atom stereocenters. The van der Waals surface area contributed by atoms with Crippen molar-refractivity contribution in [1.29, 1.82) is 0 Å². The molecule has 0 heteroatoms. The van der Waals surface area contributed by atoms with Crippen LogP contribution in [-0.2, 0) is 0 Å². The molecule has 0 aromatic heterocycles. The molecule has 0 saturated heterocycles. The minimum atomic E-state index is 0.998. The lowest BCUT2D eigenvalue weighted by molar-refractivity contribution is 1.00. The number of hydrogen-bond acceptors (Lipinski definition) is 0. The Morgan fingerprint density at radius 3 is 1.93 bits per heavy atom. The molecule has 0 saturated carbocycles. The highest BCUT2D eigenvalue weighted by atomic mass is 13.9. The highest BCUT2D eigenvalue weighted by Gasteiger charge is 1.79. The van der Waals surface area contributed by atoms with Gasteiger partial charge in [-0.05, 0) is 25.7 Å². The zero-order valence-corrected chi connectivity index (χ0v) is 8.47. The summed E-state index contributed by atoms with van der Waals surface area (Å²) in [5.74, 6) is 0. The van der Waals surface area contributed by atoms with E-state index in [9.17, 15) is 0 Å². The standard InChI is InChI=1S/C14H17/c1-2-4-6-8-10-12-14-13-11-9-7-5-3-1/h1-6,9,11-14H,7-8,10H2/b2-1+,5-3-,6-4+,11-9+,14-13+. The first-order valence-electron chi connectivity index (χ1n) is 5.13. The maximum absolute atomic E-state index is 2.19. The monoisotopic (exact) mass is 185 g/mol. The van der Waals surface area contributed by atoms with E-state index in [4.69, 9.17) is 0 Å². The third kappa shape index (κ3) is 6.24. The van der Waals surface area contributed by atoms with Crippen LogP contribution in [0.4, 0.5) is 0 Å². The van der Waals surface area contributed by atoms with Gasteiger partial charge in [-0.15, -0.1) is 0 Å². The predicted molar refractivity (Wildman–Crippen MR) is 63.9 cm³/mol. The molecule has 0 fully saturated rings. The van der Waals surface area contributed by atoms with E-state index < -0.39 is 0 Å². The molecule has 0 spiro atoms. The van der Waals surface area contributed by atoms with E-state index in [1.54, 1.807) is 0 Å². The summed E-state index contributed by atoms with van der Waals surface area (Å²) in [6.45, 7) is 0. The molecule has 0 nitrogen and oxygen atoms in total. The summed E-state index contributed by atoms with van der Waals surface area (Å²) in [6.07, 6.45) is 26.5. The van der Waals surface area contributed by atoms with Crippen LogP contribution in [0.2, 0.25) is 0 Å². The van der Waals surface area contributed by atoms with Gasteiger partial charge in [0.1, 0.15) is 0 Å². The predicted octanol–water partition coefficient (Wildman–Crippen LogP) is 4.16. The van der Waals surface area contributed by atoms with Gasteiger partial charge in [0.25, 0.3) is 0 Å². The fourth-order valence-electron chi connectivity index (χ4n) is 1.13. The largest absolute Gasteiger partial charge is 0.0845 e. The first-order chi connectivity index (χ1) is 7.00. The normalized spacial score (nSPS) is 29.7. The topological polar surface area (TPSA) is 0 Å². The second-order valence-corrected chi connectivity index (χ2v) is 3.10. The minimum absolute atomic E-state index is 0.998. The quantitative estimate of drug-likeness (QED) is 0.531. The van der Waals surface area contributed by atoms with Crippen molar-refractivity contribution < 1.29 is 0 Å². The van der Waals surface area contributed by atoms with Crippen molar-refractivity contribution in [2.75, 3.05) is 0 Å². The zero-order valence-electron chi connectivity index (χ0n) is 8.47. The van der Waals surface area contributed by atoms with Crippen LogP contribution in [-0.4, -0.2) is 0 Å². The number of allylic oxidation sites excluding steroid dienone is 10. The van der Waals surface area contributed by atoms with Gasteiger partial charge in [0.2, 0.25) is 0 Å². The average Bonchev–Trinajstić information content (AvgIpc) is 2.22. The van der Waals surface area contributed by atoms with Crippen molar-refractivity contribution in [2.45, 2.75) is 19.3 Å². The molecule has 0 aromatic carbocycles. The van der Waals surface area contributed by atoms with Gasteiger partial charge in [0.05, 0.1) is 0 Å². The Morgan fingerprint density at radius 1 is 0.500 bits per heavy atom. The van der Waals surface area contributed by atoms with E-state index in [0.717, 1.165) is 19.3 Å². The van der Waals surface area contributed by atoms with Crippen molar-refractivity contribution in [2.24, 2.45) is 0 Å². The lowest BCUT2D eigenvalue weighted by Gasteiger charge is -1.88. The molecule has 0 aliphatic heterocycles. The molecule has 1 aliphatic carbocycles. The van der Waals surface area contributed by atoms with E-state index in [1.165, 1.54) is 0 Å². The summed E-state index contributed by atoms with van der Waals surface area (Å²) in [5.41, 5.74) is 0. The highest BCUT2D eigenvalue weighted by Crippen LogP contribution is 1.98. The molecule has 73 valence electrons. The summed E-state index contributed by atoms with van der Waals surface area (Å²) >= 11 is 0.